The molecule has 0 heterocycles. The Kier molecular flexibility index (Phi) is 8.62. The smallest absolute Gasteiger partial charge is 0.432 e. The van der Waals surface area contributed by atoms with E-state index in [1.165, 1.54) is 11.1 Å². The van der Waals surface area contributed by atoms with Gasteiger partial charge in [-0.3, -0.25) is 0 Å². The summed E-state index contributed by atoms with van der Waals surface area (Å²) < 4.78 is 102. The van der Waals surface area contributed by atoms with Crippen molar-refractivity contribution in [2.24, 2.45) is 17.8 Å². The molecule has 9 heteroatoms. The minimum atomic E-state index is -5.33. The number of rotatable bonds is 7. The number of hydrogen-bond acceptors (Lipinski definition) is 2. The number of aryl methyl sites for hydroxylation is 1. The molecule has 0 bridgehead atoms. The van der Waals surface area contributed by atoms with Gasteiger partial charge in [0.05, 0.1) is 5.92 Å². The fourth-order valence-corrected chi connectivity index (χ4v) is 5.49. The molecule has 0 amide bonds. The normalized spacial score (nSPS) is 24.9. The molecule has 2 aliphatic rings. The zero-order valence-corrected chi connectivity index (χ0v) is 21.0. The topological polar surface area (TPSA) is 18.5 Å². The lowest BCUT2D eigenvalue weighted by Crippen LogP contribution is -2.37. The molecule has 0 N–H and O–H groups in total. The van der Waals surface area contributed by atoms with Crippen LogP contribution >= 0.6 is 0 Å². The fraction of sp³-hybridized carbons (Fsp3) is 0.517. The fourth-order valence-electron chi connectivity index (χ4n) is 5.49. The Balaban J connectivity index is 1.25. The maximum Gasteiger partial charge on any atom is 0.573 e. The van der Waals surface area contributed by atoms with Crippen molar-refractivity contribution in [1.82, 2.24) is 0 Å². The van der Waals surface area contributed by atoms with E-state index in [-0.39, 0.29) is 30.9 Å². The zero-order chi connectivity index (χ0) is 27.5. The molecule has 208 valence electrons. The van der Waals surface area contributed by atoms with Gasteiger partial charge in [-0.15, -0.1) is 13.2 Å². The van der Waals surface area contributed by atoms with Crippen LogP contribution in [0.5, 0.6) is 11.5 Å². The Hall–Kier alpha value is -2.71. The van der Waals surface area contributed by atoms with Crippen molar-refractivity contribution in [2.75, 3.05) is 0 Å². The maximum atomic E-state index is 14.7. The molecule has 0 aromatic heterocycles. The van der Waals surface area contributed by atoms with E-state index < -0.39 is 41.5 Å². The van der Waals surface area contributed by atoms with E-state index in [1.807, 2.05) is 0 Å². The molecule has 0 radical (unpaired) electrons. The summed E-state index contributed by atoms with van der Waals surface area (Å²) in [5.74, 6) is -6.13. The third kappa shape index (κ3) is 7.44. The molecule has 0 spiro atoms. The Morgan fingerprint density at radius 1 is 0.711 bits per heavy atom. The van der Waals surface area contributed by atoms with Crippen molar-refractivity contribution in [3.8, 4) is 11.5 Å². The molecule has 2 fully saturated rings. The first kappa shape index (κ1) is 28.3. The van der Waals surface area contributed by atoms with Crippen LogP contribution in [0.2, 0.25) is 0 Å². The second kappa shape index (κ2) is 11.6. The van der Waals surface area contributed by atoms with Gasteiger partial charge in [-0.05, 0) is 81.6 Å². The summed E-state index contributed by atoms with van der Waals surface area (Å²) >= 11 is 0. The van der Waals surface area contributed by atoms with Gasteiger partial charge in [-0.2, -0.15) is 8.78 Å². The number of benzene rings is 2. The molecule has 2 aliphatic carbocycles. The van der Waals surface area contributed by atoms with Crippen LogP contribution in [0.4, 0.5) is 30.7 Å². The lowest BCUT2D eigenvalue weighted by Gasteiger charge is -2.33. The molecule has 0 unspecified atom stereocenters. The molecular formula is C29H31F7O2. The predicted molar refractivity (Wildman–Crippen MR) is 129 cm³/mol. The highest BCUT2D eigenvalue weighted by atomic mass is 19.4. The molecule has 2 aromatic carbocycles. The van der Waals surface area contributed by atoms with Crippen molar-refractivity contribution < 1.29 is 40.2 Å². The quantitative estimate of drug-likeness (QED) is 0.255. The van der Waals surface area contributed by atoms with Crippen molar-refractivity contribution in [2.45, 2.75) is 76.7 Å². The Bertz CT molecular complexity index is 1070. The highest BCUT2D eigenvalue weighted by molar-refractivity contribution is 5.35. The van der Waals surface area contributed by atoms with E-state index in [9.17, 15) is 30.7 Å². The first-order valence-electron chi connectivity index (χ1n) is 13.0. The average Bonchev–Trinajstić information content (AvgIpc) is 2.85. The van der Waals surface area contributed by atoms with Gasteiger partial charge in [0.2, 0.25) is 5.75 Å². The van der Waals surface area contributed by atoms with Gasteiger partial charge in [-0.1, -0.05) is 42.0 Å². The zero-order valence-electron chi connectivity index (χ0n) is 21.0. The number of allylic oxidation sites excluding steroid dienone is 2. The van der Waals surface area contributed by atoms with E-state index in [2.05, 4.69) is 52.8 Å². The third-order valence-corrected chi connectivity index (χ3v) is 7.67. The van der Waals surface area contributed by atoms with Crippen molar-refractivity contribution >= 4 is 0 Å². The summed E-state index contributed by atoms with van der Waals surface area (Å²) in [4.78, 5) is 0. The van der Waals surface area contributed by atoms with Crippen LogP contribution in [-0.2, 0) is 0 Å². The number of hydrogen-bond donors (Lipinski definition) is 0. The van der Waals surface area contributed by atoms with E-state index in [4.69, 9.17) is 0 Å². The molecule has 0 aliphatic heterocycles. The van der Waals surface area contributed by atoms with Crippen molar-refractivity contribution in [1.29, 1.82) is 0 Å². The predicted octanol–water partition coefficient (Wildman–Crippen LogP) is 9.48. The van der Waals surface area contributed by atoms with Crippen LogP contribution in [0.25, 0.3) is 0 Å². The molecule has 38 heavy (non-hydrogen) atoms. The van der Waals surface area contributed by atoms with Gasteiger partial charge in [0.1, 0.15) is 5.75 Å². The Labute approximate surface area is 217 Å². The van der Waals surface area contributed by atoms with E-state index in [0.29, 0.717) is 24.7 Å². The highest BCUT2D eigenvalue weighted by Gasteiger charge is 2.44. The first-order chi connectivity index (χ1) is 17.9. The summed E-state index contributed by atoms with van der Waals surface area (Å²) in [6, 6.07) is 9.23. The highest BCUT2D eigenvalue weighted by Crippen LogP contribution is 2.42. The van der Waals surface area contributed by atoms with Gasteiger partial charge < -0.3 is 9.47 Å². The van der Waals surface area contributed by atoms with Gasteiger partial charge >= 0.3 is 12.5 Å². The van der Waals surface area contributed by atoms with Crippen LogP contribution < -0.4 is 9.47 Å². The molecule has 0 saturated heterocycles. The molecule has 0 atom stereocenters. The van der Waals surface area contributed by atoms with Gasteiger partial charge in [0.15, 0.2) is 11.6 Å². The van der Waals surface area contributed by atoms with Crippen LogP contribution in [0.3, 0.4) is 0 Å². The Morgan fingerprint density at radius 3 is 1.71 bits per heavy atom. The van der Waals surface area contributed by atoms with Gasteiger partial charge in [0.25, 0.3) is 0 Å². The minimum Gasteiger partial charge on any atom is -0.432 e. The van der Waals surface area contributed by atoms with Crippen LogP contribution in [0.1, 0.15) is 68.4 Å². The van der Waals surface area contributed by atoms with E-state index in [0.717, 1.165) is 25.7 Å². The molecule has 4 rings (SSSR count). The SMILES string of the molecule is Cc1ccc(C2CCC(/C=C/C3CCC(C(F)(F)Oc4cc(F)c(OC(F)(F)F)c(F)c4)CC3)CC2)cc1. The number of alkyl halides is 5. The van der Waals surface area contributed by atoms with Crippen molar-refractivity contribution in [3.05, 3.63) is 71.3 Å². The summed E-state index contributed by atoms with van der Waals surface area (Å²) in [6.45, 7) is 2.08. The molecule has 2 saturated carbocycles. The van der Waals surface area contributed by atoms with Crippen LogP contribution in [0, 0.1) is 36.3 Å². The Morgan fingerprint density at radius 2 is 1.21 bits per heavy atom. The number of halogens is 7. The molecule has 2 aromatic rings. The standard InChI is InChI=1S/C29H31F7O2/c1-18-2-10-21(11-3-18)22-12-6-19(7-13-22)4-5-20-8-14-23(15-9-20)28(32,33)37-24-16-25(30)27(26(31)17-24)38-29(34,35)36/h2-5,10-11,16-17,19-20,22-23H,6-9,12-15H2,1H3/b5-4+. The van der Waals surface area contributed by atoms with Crippen LogP contribution in [-0.4, -0.2) is 12.5 Å². The second-order valence-corrected chi connectivity index (χ2v) is 10.4. The lowest BCUT2D eigenvalue weighted by atomic mass is 9.77. The first-order valence-corrected chi connectivity index (χ1v) is 13.0. The molecule has 2 nitrogen and oxygen atoms in total. The van der Waals surface area contributed by atoms with Crippen LogP contribution in [0.15, 0.2) is 48.6 Å². The molecular weight excluding hydrogens is 513 g/mol. The average molecular weight is 545 g/mol. The van der Waals surface area contributed by atoms with Gasteiger partial charge in [-0.25, -0.2) is 8.78 Å². The largest absolute Gasteiger partial charge is 0.573 e. The minimum absolute atomic E-state index is 0.155. The van der Waals surface area contributed by atoms with Crippen molar-refractivity contribution in [3.63, 3.8) is 0 Å². The van der Waals surface area contributed by atoms with Gasteiger partial charge in [0, 0.05) is 12.1 Å². The number of ether oxygens (including phenoxy) is 2. The summed E-state index contributed by atoms with van der Waals surface area (Å²) in [5, 5.41) is 0. The third-order valence-electron chi connectivity index (χ3n) is 7.67. The summed E-state index contributed by atoms with van der Waals surface area (Å²) in [6.07, 6.45) is 1.10. The summed E-state index contributed by atoms with van der Waals surface area (Å²) in [7, 11) is 0. The van der Waals surface area contributed by atoms with E-state index in [1.54, 1.807) is 0 Å². The lowest BCUT2D eigenvalue weighted by molar-refractivity contribution is -0.276. The maximum absolute atomic E-state index is 14.7. The monoisotopic (exact) mass is 544 g/mol. The summed E-state index contributed by atoms with van der Waals surface area (Å²) in [5.41, 5.74) is 2.64. The second-order valence-electron chi connectivity index (χ2n) is 10.4. The van der Waals surface area contributed by atoms with E-state index >= 15 is 0 Å².